The number of carbonyl (C=O) groups is 1. The van der Waals surface area contributed by atoms with E-state index in [1.54, 1.807) is 29.4 Å². The summed E-state index contributed by atoms with van der Waals surface area (Å²) in [5.74, 6) is -0.450. The van der Waals surface area contributed by atoms with Crippen LogP contribution in [0.5, 0.6) is 0 Å². The second-order valence-electron chi connectivity index (χ2n) is 6.11. The number of aromatic nitrogens is 2. The summed E-state index contributed by atoms with van der Waals surface area (Å²) in [5.41, 5.74) is 1.69. The smallest absolute Gasteiger partial charge is 0.321 e. The van der Waals surface area contributed by atoms with Gasteiger partial charge in [0.1, 0.15) is 5.69 Å². The summed E-state index contributed by atoms with van der Waals surface area (Å²) in [6, 6.07) is 4.31. The van der Waals surface area contributed by atoms with Crippen molar-refractivity contribution in [1.29, 1.82) is 0 Å². The molecule has 3 rings (SSSR count). The predicted molar refractivity (Wildman–Crippen MR) is 92.4 cm³/mol. The average Bonchev–Trinajstić information content (AvgIpc) is 3.02. The Hall–Kier alpha value is -2.45. The van der Waals surface area contributed by atoms with Crippen molar-refractivity contribution in [2.45, 2.75) is 6.92 Å². The van der Waals surface area contributed by atoms with E-state index in [9.17, 15) is 9.18 Å². The van der Waals surface area contributed by atoms with Crippen molar-refractivity contribution < 1.29 is 14.3 Å². The van der Waals surface area contributed by atoms with Gasteiger partial charge in [0.25, 0.3) is 0 Å². The lowest BCUT2D eigenvalue weighted by Crippen LogP contribution is -2.50. The fourth-order valence-electron chi connectivity index (χ4n) is 2.83. The van der Waals surface area contributed by atoms with Gasteiger partial charge in [-0.05, 0) is 30.7 Å². The molecule has 0 unspecified atom stereocenters. The molecule has 8 heteroatoms. The molecule has 2 N–H and O–H groups in total. The fraction of sp³-hybridized carbons (Fsp3) is 0.412. The molecule has 2 heterocycles. The van der Waals surface area contributed by atoms with E-state index in [0.717, 1.165) is 18.7 Å². The Bertz CT molecular complexity index is 740. The third-order valence-corrected chi connectivity index (χ3v) is 4.23. The zero-order chi connectivity index (χ0) is 17.8. The number of nitrogens with one attached hydrogen (secondary N) is 1. The number of aryl methyl sites for hydroxylation is 1. The predicted octanol–water partition coefficient (Wildman–Crippen LogP) is 1.46. The Morgan fingerprint density at radius 2 is 2.08 bits per heavy atom. The zero-order valence-corrected chi connectivity index (χ0v) is 14.2. The number of nitrogens with zero attached hydrogens (tertiary/aromatic N) is 4. The van der Waals surface area contributed by atoms with Gasteiger partial charge < -0.3 is 15.3 Å². The summed E-state index contributed by atoms with van der Waals surface area (Å²) in [6.07, 6.45) is 3.40. The SMILES string of the molecule is Cc1cnn(-c2ccc(NC(=O)N3CCN(CCO)CC3)cc2F)c1. The monoisotopic (exact) mass is 347 g/mol. The molecule has 1 saturated heterocycles. The highest BCUT2D eigenvalue weighted by atomic mass is 19.1. The van der Waals surface area contributed by atoms with Gasteiger partial charge in [0.05, 0.1) is 12.8 Å². The van der Waals surface area contributed by atoms with Gasteiger partial charge in [-0.15, -0.1) is 0 Å². The number of halogens is 1. The van der Waals surface area contributed by atoms with Crippen LogP contribution in [0.4, 0.5) is 14.9 Å². The highest BCUT2D eigenvalue weighted by Crippen LogP contribution is 2.19. The number of hydrogen-bond acceptors (Lipinski definition) is 4. The van der Waals surface area contributed by atoms with E-state index in [2.05, 4.69) is 15.3 Å². The Morgan fingerprint density at radius 3 is 2.68 bits per heavy atom. The van der Waals surface area contributed by atoms with Gasteiger partial charge in [-0.1, -0.05) is 0 Å². The molecule has 0 aliphatic carbocycles. The number of urea groups is 1. The number of aliphatic hydroxyl groups excluding tert-OH is 1. The number of carbonyl (C=O) groups excluding carboxylic acids is 1. The summed E-state index contributed by atoms with van der Waals surface area (Å²) in [5, 5.41) is 15.8. The van der Waals surface area contributed by atoms with Gasteiger partial charge >= 0.3 is 6.03 Å². The molecule has 134 valence electrons. The van der Waals surface area contributed by atoms with Crippen LogP contribution in [0.1, 0.15) is 5.56 Å². The summed E-state index contributed by atoms with van der Waals surface area (Å²) in [6.45, 7) is 5.23. The van der Waals surface area contributed by atoms with Gasteiger partial charge in [0.15, 0.2) is 5.82 Å². The van der Waals surface area contributed by atoms with Crippen molar-refractivity contribution in [3.63, 3.8) is 0 Å². The maximum atomic E-state index is 14.3. The Kier molecular flexibility index (Phi) is 5.30. The third-order valence-electron chi connectivity index (χ3n) is 4.23. The number of hydrogen-bond donors (Lipinski definition) is 2. The van der Waals surface area contributed by atoms with E-state index in [-0.39, 0.29) is 12.6 Å². The van der Waals surface area contributed by atoms with Gasteiger partial charge in [0, 0.05) is 44.6 Å². The number of piperazine rings is 1. The Labute approximate surface area is 145 Å². The highest BCUT2D eigenvalue weighted by Gasteiger charge is 2.21. The average molecular weight is 347 g/mol. The number of rotatable bonds is 4. The van der Waals surface area contributed by atoms with Crippen LogP contribution in [0.25, 0.3) is 5.69 Å². The summed E-state index contributed by atoms with van der Waals surface area (Å²) >= 11 is 0. The molecule has 0 bridgehead atoms. The molecule has 1 aliphatic rings. The topological polar surface area (TPSA) is 73.6 Å². The molecule has 2 amide bonds. The first-order valence-electron chi connectivity index (χ1n) is 8.27. The number of anilines is 1. The molecular formula is C17H22FN5O2. The normalized spacial score (nSPS) is 15.4. The lowest BCUT2D eigenvalue weighted by atomic mass is 10.2. The lowest BCUT2D eigenvalue weighted by molar-refractivity contribution is 0.127. The van der Waals surface area contributed by atoms with Crippen LogP contribution in [-0.2, 0) is 0 Å². The number of aliphatic hydroxyl groups is 1. The van der Waals surface area contributed by atoms with E-state index < -0.39 is 5.82 Å². The van der Waals surface area contributed by atoms with Crippen molar-refractivity contribution in [1.82, 2.24) is 19.6 Å². The van der Waals surface area contributed by atoms with Gasteiger partial charge in [0.2, 0.25) is 0 Å². The van der Waals surface area contributed by atoms with Crippen LogP contribution in [0.15, 0.2) is 30.6 Å². The van der Waals surface area contributed by atoms with E-state index in [1.165, 1.54) is 10.7 Å². The molecule has 0 saturated carbocycles. The summed E-state index contributed by atoms with van der Waals surface area (Å²) in [4.78, 5) is 16.1. The maximum Gasteiger partial charge on any atom is 0.321 e. The van der Waals surface area contributed by atoms with Crippen LogP contribution in [-0.4, -0.2) is 70.0 Å². The van der Waals surface area contributed by atoms with E-state index in [0.29, 0.717) is 31.0 Å². The van der Waals surface area contributed by atoms with Crippen LogP contribution in [0.2, 0.25) is 0 Å². The number of amides is 2. The molecular weight excluding hydrogens is 325 g/mol. The van der Waals surface area contributed by atoms with Crippen LogP contribution in [0, 0.1) is 12.7 Å². The van der Waals surface area contributed by atoms with Gasteiger partial charge in [-0.3, -0.25) is 4.90 Å². The largest absolute Gasteiger partial charge is 0.395 e. The van der Waals surface area contributed by atoms with Gasteiger partial charge in [-0.25, -0.2) is 13.9 Å². The second-order valence-corrected chi connectivity index (χ2v) is 6.11. The molecule has 2 aromatic rings. The second kappa shape index (κ2) is 7.62. The first kappa shape index (κ1) is 17.4. The first-order valence-corrected chi connectivity index (χ1v) is 8.27. The number of benzene rings is 1. The maximum absolute atomic E-state index is 14.3. The minimum Gasteiger partial charge on any atom is -0.395 e. The van der Waals surface area contributed by atoms with Crippen molar-refractivity contribution >= 4 is 11.7 Å². The fourth-order valence-corrected chi connectivity index (χ4v) is 2.83. The lowest BCUT2D eigenvalue weighted by Gasteiger charge is -2.34. The quantitative estimate of drug-likeness (QED) is 0.878. The Morgan fingerprint density at radius 1 is 1.32 bits per heavy atom. The third kappa shape index (κ3) is 4.15. The minimum atomic E-state index is -0.450. The van der Waals surface area contributed by atoms with Crippen LogP contribution >= 0.6 is 0 Å². The van der Waals surface area contributed by atoms with Gasteiger partial charge in [-0.2, -0.15) is 5.10 Å². The number of β-amino-alcohol motifs (C(OH)–C–C–N with tert-alkyl or cyclic N) is 1. The van der Waals surface area contributed by atoms with Crippen molar-refractivity contribution in [3.05, 3.63) is 42.0 Å². The van der Waals surface area contributed by atoms with E-state index in [4.69, 9.17) is 5.11 Å². The Balaban J connectivity index is 1.61. The van der Waals surface area contributed by atoms with E-state index >= 15 is 0 Å². The van der Waals surface area contributed by atoms with E-state index in [1.807, 2.05) is 6.92 Å². The molecule has 0 radical (unpaired) electrons. The first-order chi connectivity index (χ1) is 12.1. The molecule has 0 atom stereocenters. The molecule has 25 heavy (non-hydrogen) atoms. The molecule has 7 nitrogen and oxygen atoms in total. The zero-order valence-electron chi connectivity index (χ0n) is 14.2. The molecule has 1 fully saturated rings. The van der Waals surface area contributed by atoms with Crippen molar-refractivity contribution in [2.75, 3.05) is 44.6 Å². The minimum absolute atomic E-state index is 0.119. The molecule has 1 aliphatic heterocycles. The summed E-state index contributed by atoms with van der Waals surface area (Å²) < 4.78 is 15.8. The van der Waals surface area contributed by atoms with Crippen molar-refractivity contribution in [2.24, 2.45) is 0 Å². The standard InChI is InChI=1S/C17H22FN5O2/c1-13-11-19-23(12-13)16-3-2-14(10-15(16)18)20-17(25)22-6-4-21(5-7-22)8-9-24/h2-3,10-12,24H,4-9H2,1H3,(H,20,25). The molecule has 1 aromatic carbocycles. The van der Waals surface area contributed by atoms with Crippen LogP contribution in [0.3, 0.4) is 0 Å². The van der Waals surface area contributed by atoms with Crippen molar-refractivity contribution in [3.8, 4) is 5.69 Å². The highest BCUT2D eigenvalue weighted by molar-refractivity contribution is 5.89. The van der Waals surface area contributed by atoms with Crippen LogP contribution < -0.4 is 5.32 Å². The molecule has 1 aromatic heterocycles. The molecule has 0 spiro atoms. The summed E-state index contributed by atoms with van der Waals surface area (Å²) in [7, 11) is 0.